The van der Waals surface area contributed by atoms with E-state index in [1.54, 1.807) is 0 Å². The van der Waals surface area contributed by atoms with Crippen molar-refractivity contribution in [2.45, 2.75) is 58.2 Å². The zero-order chi connectivity index (χ0) is 9.52. The summed E-state index contributed by atoms with van der Waals surface area (Å²) >= 11 is 0. The Kier molecular flexibility index (Phi) is 5.40. The first kappa shape index (κ1) is 11.0. The Bertz CT molecular complexity index is 123. The normalized spacial score (nSPS) is 19.8. The SMILES string of the molecule is CCCNCCC(C)OC1CCC1. The maximum Gasteiger partial charge on any atom is 0.0578 e. The second kappa shape index (κ2) is 6.39. The van der Waals surface area contributed by atoms with Crippen LogP contribution in [0, 0.1) is 0 Å². The van der Waals surface area contributed by atoms with Crippen molar-refractivity contribution in [2.75, 3.05) is 13.1 Å². The average Bonchev–Trinajstić information content (AvgIpc) is 2.06. The van der Waals surface area contributed by atoms with Gasteiger partial charge in [0.1, 0.15) is 0 Å². The van der Waals surface area contributed by atoms with Gasteiger partial charge in [0.25, 0.3) is 0 Å². The number of nitrogens with one attached hydrogen (secondary N) is 1. The van der Waals surface area contributed by atoms with Gasteiger partial charge in [0.15, 0.2) is 0 Å². The molecular weight excluding hydrogens is 162 g/mol. The first-order valence-corrected chi connectivity index (χ1v) is 5.69. The van der Waals surface area contributed by atoms with Crippen LogP contribution in [-0.2, 0) is 4.74 Å². The zero-order valence-corrected chi connectivity index (χ0v) is 9.01. The highest BCUT2D eigenvalue weighted by molar-refractivity contribution is 4.70. The lowest BCUT2D eigenvalue weighted by atomic mass is 9.96. The second-order valence-corrected chi connectivity index (χ2v) is 4.04. The van der Waals surface area contributed by atoms with Gasteiger partial charge in [0.2, 0.25) is 0 Å². The number of hydrogen-bond donors (Lipinski definition) is 1. The molecule has 2 heteroatoms. The van der Waals surface area contributed by atoms with Gasteiger partial charge in [-0.2, -0.15) is 0 Å². The molecule has 2 nitrogen and oxygen atoms in total. The molecule has 0 aliphatic heterocycles. The molecule has 0 spiro atoms. The van der Waals surface area contributed by atoms with Gasteiger partial charge in [-0.1, -0.05) is 6.92 Å². The van der Waals surface area contributed by atoms with E-state index in [0.29, 0.717) is 12.2 Å². The molecule has 1 atom stereocenters. The summed E-state index contributed by atoms with van der Waals surface area (Å²) in [6.07, 6.45) is 7.33. The smallest absolute Gasteiger partial charge is 0.0578 e. The standard InChI is InChI=1S/C11H23NO/c1-3-8-12-9-7-10(2)13-11-5-4-6-11/h10-12H,3-9H2,1-2H3. The lowest BCUT2D eigenvalue weighted by Crippen LogP contribution is -2.28. The van der Waals surface area contributed by atoms with Crippen LogP contribution in [0.1, 0.15) is 46.0 Å². The summed E-state index contributed by atoms with van der Waals surface area (Å²) in [5.74, 6) is 0. The summed E-state index contributed by atoms with van der Waals surface area (Å²) < 4.78 is 5.83. The van der Waals surface area contributed by atoms with E-state index in [0.717, 1.165) is 19.5 Å². The largest absolute Gasteiger partial charge is 0.375 e. The fourth-order valence-corrected chi connectivity index (χ4v) is 1.51. The first-order valence-electron chi connectivity index (χ1n) is 5.69. The van der Waals surface area contributed by atoms with Crippen LogP contribution >= 0.6 is 0 Å². The van der Waals surface area contributed by atoms with E-state index in [-0.39, 0.29) is 0 Å². The third kappa shape index (κ3) is 4.63. The summed E-state index contributed by atoms with van der Waals surface area (Å²) in [5, 5.41) is 3.40. The van der Waals surface area contributed by atoms with Crippen LogP contribution in [0.25, 0.3) is 0 Å². The Labute approximate surface area is 82.0 Å². The van der Waals surface area contributed by atoms with Crippen molar-refractivity contribution >= 4 is 0 Å². The Hall–Kier alpha value is -0.0800. The molecule has 0 radical (unpaired) electrons. The number of hydrogen-bond acceptors (Lipinski definition) is 2. The highest BCUT2D eigenvalue weighted by atomic mass is 16.5. The van der Waals surface area contributed by atoms with Gasteiger partial charge in [0, 0.05) is 0 Å². The summed E-state index contributed by atoms with van der Waals surface area (Å²) in [7, 11) is 0. The third-order valence-electron chi connectivity index (χ3n) is 2.63. The van der Waals surface area contributed by atoms with Crippen LogP contribution in [0.3, 0.4) is 0 Å². The molecule has 0 aromatic heterocycles. The minimum Gasteiger partial charge on any atom is -0.375 e. The molecule has 1 N–H and O–H groups in total. The van der Waals surface area contributed by atoms with Crippen molar-refractivity contribution in [1.29, 1.82) is 0 Å². The Morgan fingerprint density at radius 1 is 1.38 bits per heavy atom. The van der Waals surface area contributed by atoms with Crippen LogP contribution in [0.4, 0.5) is 0 Å². The lowest BCUT2D eigenvalue weighted by molar-refractivity contribution is -0.0455. The van der Waals surface area contributed by atoms with E-state index >= 15 is 0 Å². The molecular formula is C11H23NO. The molecule has 0 aromatic carbocycles. The molecule has 1 unspecified atom stereocenters. The van der Waals surface area contributed by atoms with Crippen molar-refractivity contribution < 1.29 is 4.74 Å². The topological polar surface area (TPSA) is 21.3 Å². The molecule has 78 valence electrons. The van der Waals surface area contributed by atoms with Crippen LogP contribution in [0.2, 0.25) is 0 Å². The quantitative estimate of drug-likeness (QED) is 0.615. The molecule has 0 saturated heterocycles. The molecule has 1 rings (SSSR count). The minimum atomic E-state index is 0.439. The van der Waals surface area contributed by atoms with Crippen molar-refractivity contribution in [3.05, 3.63) is 0 Å². The molecule has 0 amide bonds. The maximum atomic E-state index is 5.83. The summed E-state index contributed by atoms with van der Waals surface area (Å²) in [6.45, 7) is 6.62. The highest BCUT2D eigenvalue weighted by Crippen LogP contribution is 2.23. The monoisotopic (exact) mass is 185 g/mol. The van der Waals surface area contributed by atoms with Crippen LogP contribution < -0.4 is 5.32 Å². The molecule has 0 aromatic rings. The predicted octanol–water partition coefficient (Wildman–Crippen LogP) is 2.33. The van der Waals surface area contributed by atoms with E-state index < -0.39 is 0 Å². The Morgan fingerprint density at radius 2 is 2.15 bits per heavy atom. The summed E-state index contributed by atoms with van der Waals surface area (Å²) in [4.78, 5) is 0. The summed E-state index contributed by atoms with van der Waals surface area (Å²) in [6, 6.07) is 0. The summed E-state index contributed by atoms with van der Waals surface area (Å²) in [5.41, 5.74) is 0. The van der Waals surface area contributed by atoms with Gasteiger partial charge in [-0.25, -0.2) is 0 Å². The van der Waals surface area contributed by atoms with Gasteiger partial charge in [-0.3, -0.25) is 0 Å². The van der Waals surface area contributed by atoms with E-state index in [1.165, 1.54) is 25.7 Å². The van der Waals surface area contributed by atoms with Gasteiger partial charge < -0.3 is 10.1 Å². The van der Waals surface area contributed by atoms with E-state index in [1.807, 2.05) is 0 Å². The second-order valence-electron chi connectivity index (χ2n) is 4.04. The van der Waals surface area contributed by atoms with Gasteiger partial charge in [-0.05, 0) is 52.1 Å². The third-order valence-corrected chi connectivity index (χ3v) is 2.63. The fourth-order valence-electron chi connectivity index (χ4n) is 1.51. The molecule has 1 fully saturated rings. The van der Waals surface area contributed by atoms with Crippen LogP contribution in [0.5, 0.6) is 0 Å². The zero-order valence-electron chi connectivity index (χ0n) is 9.01. The molecule has 0 bridgehead atoms. The molecule has 1 saturated carbocycles. The molecule has 1 aliphatic rings. The molecule has 1 aliphatic carbocycles. The fraction of sp³-hybridized carbons (Fsp3) is 1.00. The Morgan fingerprint density at radius 3 is 2.69 bits per heavy atom. The highest BCUT2D eigenvalue weighted by Gasteiger charge is 2.19. The van der Waals surface area contributed by atoms with E-state index in [4.69, 9.17) is 4.74 Å². The van der Waals surface area contributed by atoms with Crippen molar-refractivity contribution in [3.63, 3.8) is 0 Å². The van der Waals surface area contributed by atoms with Crippen molar-refractivity contribution in [2.24, 2.45) is 0 Å². The average molecular weight is 185 g/mol. The van der Waals surface area contributed by atoms with Crippen molar-refractivity contribution in [3.8, 4) is 0 Å². The maximum absolute atomic E-state index is 5.83. The van der Waals surface area contributed by atoms with Crippen LogP contribution in [-0.4, -0.2) is 25.3 Å². The Balaban J connectivity index is 1.87. The minimum absolute atomic E-state index is 0.439. The van der Waals surface area contributed by atoms with Gasteiger partial charge in [0.05, 0.1) is 12.2 Å². The predicted molar refractivity (Wildman–Crippen MR) is 56.0 cm³/mol. The van der Waals surface area contributed by atoms with E-state index in [2.05, 4.69) is 19.2 Å². The number of ether oxygens (including phenoxy) is 1. The molecule has 0 heterocycles. The van der Waals surface area contributed by atoms with Gasteiger partial charge in [-0.15, -0.1) is 0 Å². The van der Waals surface area contributed by atoms with Crippen molar-refractivity contribution in [1.82, 2.24) is 5.32 Å². The van der Waals surface area contributed by atoms with E-state index in [9.17, 15) is 0 Å². The number of rotatable bonds is 7. The van der Waals surface area contributed by atoms with Crippen LogP contribution in [0.15, 0.2) is 0 Å². The molecule has 13 heavy (non-hydrogen) atoms. The first-order chi connectivity index (χ1) is 6.33. The lowest BCUT2D eigenvalue weighted by Gasteiger charge is -2.29. The van der Waals surface area contributed by atoms with Gasteiger partial charge >= 0.3 is 0 Å².